The van der Waals surface area contributed by atoms with Gasteiger partial charge in [-0.05, 0) is 26.3 Å². The molecule has 1 saturated heterocycles. The first kappa shape index (κ1) is 7.80. The van der Waals surface area contributed by atoms with Crippen molar-refractivity contribution < 1.29 is 0 Å². The van der Waals surface area contributed by atoms with E-state index in [1.807, 2.05) is 6.20 Å². The van der Waals surface area contributed by atoms with Crippen LogP contribution >= 0.6 is 0 Å². The van der Waals surface area contributed by atoms with Gasteiger partial charge < -0.3 is 10.3 Å². The van der Waals surface area contributed by atoms with Gasteiger partial charge in [-0.15, -0.1) is 0 Å². The number of nitrogens with one attached hydrogen (secondary N) is 2. The van der Waals surface area contributed by atoms with Crippen LogP contribution < -0.4 is 5.32 Å². The standard InChI is InChI=1S/C9H15N3/c1-7-8(3-2-4-11-7)9-5-10-6-12-9/h5-8,11H,2-4H2,1H3,(H,10,12)/t7-,8+/m1/s1. The van der Waals surface area contributed by atoms with Crippen LogP contribution in [0.15, 0.2) is 12.5 Å². The highest BCUT2D eigenvalue weighted by molar-refractivity contribution is 5.07. The summed E-state index contributed by atoms with van der Waals surface area (Å²) in [4.78, 5) is 7.23. The molecule has 0 radical (unpaired) electrons. The van der Waals surface area contributed by atoms with Crippen molar-refractivity contribution in [2.24, 2.45) is 0 Å². The molecule has 0 saturated carbocycles. The molecular weight excluding hydrogens is 150 g/mol. The maximum atomic E-state index is 4.05. The number of imidazole rings is 1. The third-order valence-corrected chi connectivity index (χ3v) is 2.68. The molecule has 12 heavy (non-hydrogen) atoms. The number of hydrogen-bond donors (Lipinski definition) is 2. The fourth-order valence-corrected chi connectivity index (χ4v) is 1.94. The Morgan fingerprint density at radius 1 is 1.58 bits per heavy atom. The number of aromatic amines is 1. The van der Waals surface area contributed by atoms with E-state index in [-0.39, 0.29) is 0 Å². The maximum Gasteiger partial charge on any atom is 0.0921 e. The van der Waals surface area contributed by atoms with E-state index in [0.717, 1.165) is 6.54 Å². The van der Waals surface area contributed by atoms with Gasteiger partial charge in [0.05, 0.1) is 6.33 Å². The van der Waals surface area contributed by atoms with Crippen molar-refractivity contribution in [2.75, 3.05) is 6.54 Å². The van der Waals surface area contributed by atoms with Crippen LogP contribution in [0, 0.1) is 0 Å². The zero-order valence-electron chi connectivity index (χ0n) is 7.38. The van der Waals surface area contributed by atoms with Gasteiger partial charge in [0.2, 0.25) is 0 Å². The minimum absolute atomic E-state index is 0.583. The highest BCUT2D eigenvalue weighted by atomic mass is 14.9. The van der Waals surface area contributed by atoms with Crippen LogP contribution in [-0.2, 0) is 0 Å². The Bertz CT molecular complexity index is 230. The molecule has 0 unspecified atom stereocenters. The molecular formula is C9H15N3. The van der Waals surface area contributed by atoms with Crippen LogP contribution in [0.4, 0.5) is 0 Å². The molecule has 2 rings (SSSR count). The van der Waals surface area contributed by atoms with Gasteiger partial charge in [0.25, 0.3) is 0 Å². The lowest BCUT2D eigenvalue weighted by Crippen LogP contribution is -2.37. The van der Waals surface area contributed by atoms with Crippen molar-refractivity contribution in [1.29, 1.82) is 0 Å². The summed E-state index contributed by atoms with van der Waals surface area (Å²) < 4.78 is 0. The summed E-state index contributed by atoms with van der Waals surface area (Å²) in [5.41, 5.74) is 1.27. The summed E-state index contributed by atoms with van der Waals surface area (Å²) in [6, 6.07) is 0.583. The second-order valence-corrected chi connectivity index (χ2v) is 3.50. The Balaban J connectivity index is 2.11. The van der Waals surface area contributed by atoms with E-state index in [2.05, 4.69) is 22.2 Å². The van der Waals surface area contributed by atoms with Gasteiger partial charge in [0.1, 0.15) is 0 Å². The number of nitrogens with zero attached hydrogens (tertiary/aromatic N) is 1. The molecule has 1 aliphatic heterocycles. The second-order valence-electron chi connectivity index (χ2n) is 3.50. The number of aromatic nitrogens is 2. The third kappa shape index (κ3) is 1.37. The zero-order chi connectivity index (χ0) is 8.39. The molecule has 0 bridgehead atoms. The van der Waals surface area contributed by atoms with Crippen LogP contribution in [0.3, 0.4) is 0 Å². The highest BCUT2D eigenvalue weighted by Gasteiger charge is 2.22. The fraction of sp³-hybridized carbons (Fsp3) is 0.667. The predicted octanol–water partition coefficient (Wildman–Crippen LogP) is 1.27. The molecule has 1 aromatic rings. The quantitative estimate of drug-likeness (QED) is 0.658. The Kier molecular flexibility index (Phi) is 2.13. The fourth-order valence-electron chi connectivity index (χ4n) is 1.94. The van der Waals surface area contributed by atoms with Gasteiger partial charge in [-0.25, -0.2) is 4.98 Å². The van der Waals surface area contributed by atoms with E-state index in [1.54, 1.807) is 6.33 Å². The van der Waals surface area contributed by atoms with Crippen LogP contribution in [0.1, 0.15) is 31.4 Å². The van der Waals surface area contributed by atoms with Crippen molar-refractivity contribution in [2.45, 2.75) is 31.7 Å². The van der Waals surface area contributed by atoms with Gasteiger partial charge in [-0.1, -0.05) is 0 Å². The summed E-state index contributed by atoms with van der Waals surface area (Å²) in [5.74, 6) is 0.626. The van der Waals surface area contributed by atoms with E-state index >= 15 is 0 Å². The molecule has 1 aliphatic rings. The van der Waals surface area contributed by atoms with Crippen molar-refractivity contribution in [3.05, 3.63) is 18.2 Å². The molecule has 0 amide bonds. The van der Waals surface area contributed by atoms with E-state index in [9.17, 15) is 0 Å². The maximum absolute atomic E-state index is 4.05. The Hall–Kier alpha value is -0.830. The Morgan fingerprint density at radius 2 is 2.50 bits per heavy atom. The van der Waals surface area contributed by atoms with Gasteiger partial charge in [0, 0.05) is 23.9 Å². The Labute approximate surface area is 72.6 Å². The molecule has 3 nitrogen and oxygen atoms in total. The molecule has 0 aliphatic carbocycles. The lowest BCUT2D eigenvalue weighted by atomic mass is 9.90. The monoisotopic (exact) mass is 165 g/mol. The molecule has 3 heteroatoms. The lowest BCUT2D eigenvalue weighted by molar-refractivity contribution is 0.366. The van der Waals surface area contributed by atoms with Gasteiger partial charge >= 0.3 is 0 Å². The first-order valence-electron chi connectivity index (χ1n) is 4.59. The molecule has 1 fully saturated rings. The molecule has 0 spiro atoms. The van der Waals surface area contributed by atoms with Gasteiger partial charge in [-0.3, -0.25) is 0 Å². The van der Waals surface area contributed by atoms with Crippen molar-refractivity contribution >= 4 is 0 Å². The second kappa shape index (κ2) is 3.27. The average molecular weight is 165 g/mol. The predicted molar refractivity (Wildman–Crippen MR) is 48.0 cm³/mol. The van der Waals surface area contributed by atoms with Crippen LogP contribution in [-0.4, -0.2) is 22.6 Å². The van der Waals surface area contributed by atoms with E-state index in [0.29, 0.717) is 12.0 Å². The molecule has 1 aromatic heterocycles. The number of rotatable bonds is 1. The lowest BCUT2D eigenvalue weighted by Gasteiger charge is -2.28. The molecule has 2 heterocycles. The van der Waals surface area contributed by atoms with Crippen LogP contribution in [0.2, 0.25) is 0 Å². The number of H-pyrrole nitrogens is 1. The number of piperidine rings is 1. The minimum Gasteiger partial charge on any atom is -0.348 e. The molecule has 0 aromatic carbocycles. The van der Waals surface area contributed by atoms with E-state index in [1.165, 1.54) is 18.5 Å². The van der Waals surface area contributed by atoms with Gasteiger partial charge in [0.15, 0.2) is 0 Å². The first-order valence-corrected chi connectivity index (χ1v) is 4.59. The van der Waals surface area contributed by atoms with E-state index in [4.69, 9.17) is 0 Å². The van der Waals surface area contributed by atoms with Crippen molar-refractivity contribution in [3.63, 3.8) is 0 Å². The largest absolute Gasteiger partial charge is 0.348 e. The van der Waals surface area contributed by atoms with E-state index < -0.39 is 0 Å². The smallest absolute Gasteiger partial charge is 0.0921 e. The highest BCUT2D eigenvalue weighted by Crippen LogP contribution is 2.25. The van der Waals surface area contributed by atoms with Crippen molar-refractivity contribution in [1.82, 2.24) is 15.3 Å². The normalized spacial score (nSPS) is 30.4. The van der Waals surface area contributed by atoms with Crippen molar-refractivity contribution in [3.8, 4) is 0 Å². The SMILES string of the molecule is C[C@H]1NCCC[C@@H]1c1cnc[nH]1. The summed E-state index contributed by atoms with van der Waals surface area (Å²) in [7, 11) is 0. The zero-order valence-corrected chi connectivity index (χ0v) is 7.38. The van der Waals surface area contributed by atoms with Crippen LogP contribution in [0.25, 0.3) is 0 Å². The van der Waals surface area contributed by atoms with Crippen LogP contribution in [0.5, 0.6) is 0 Å². The average Bonchev–Trinajstić information content (AvgIpc) is 2.57. The summed E-state index contributed by atoms with van der Waals surface area (Å²) in [6.45, 7) is 3.40. The molecule has 2 N–H and O–H groups in total. The summed E-state index contributed by atoms with van der Waals surface area (Å²) >= 11 is 0. The topological polar surface area (TPSA) is 40.7 Å². The third-order valence-electron chi connectivity index (χ3n) is 2.68. The van der Waals surface area contributed by atoms with Gasteiger partial charge in [-0.2, -0.15) is 0 Å². The molecule has 66 valence electrons. The Morgan fingerprint density at radius 3 is 3.17 bits per heavy atom. The minimum atomic E-state index is 0.583. The summed E-state index contributed by atoms with van der Waals surface area (Å²) in [5, 5.41) is 3.47. The molecule has 2 atom stereocenters. The first-order chi connectivity index (χ1) is 5.88. The summed E-state index contributed by atoms with van der Waals surface area (Å²) in [6.07, 6.45) is 6.25. The number of hydrogen-bond acceptors (Lipinski definition) is 2.